The van der Waals surface area contributed by atoms with E-state index < -0.39 is 30.1 Å². The van der Waals surface area contributed by atoms with Gasteiger partial charge in [0.1, 0.15) is 6.04 Å². The third-order valence-electron chi connectivity index (χ3n) is 4.54. The lowest BCUT2D eigenvalue weighted by Gasteiger charge is -2.17. The molecule has 3 amide bonds. The summed E-state index contributed by atoms with van der Waals surface area (Å²) in [5, 5.41) is 9.62. The summed E-state index contributed by atoms with van der Waals surface area (Å²) >= 11 is 0. The zero-order valence-corrected chi connectivity index (χ0v) is 16.7. The lowest BCUT2D eigenvalue weighted by atomic mass is 10.0. The molecule has 0 saturated heterocycles. The molecule has 8 nitrogen and oxygen atoms in total. The van der Waals surface area contributed by atoms with Gasteiger partial charge in [0.2, 0.25) is 5.91 Å². The summed E-state index contributed by atoms with van der Waals surface area (Å²) in [7, 11) is 0. The second kappa shape index (κ2) is 8.93. The van der Waals surface area contributed by atoms with Gasteiger partial charge in [-0.1, -0.05) is 32.0 Å². The molecule has 0 spiro atoms. The number of rotatable bonds is 8. The van der Waals surface area contributed by atoms with Gasteiger partial charge in [0.05, 0.1) is 5.69 Å². The quantitative estimate of drug-likeness (QED) is 0.450. The van der Waals surface area contributed by atoms with Crippen LogP contribution in [0.15, 0.2) is 36.7 Å². The van der Waals surface area contributed by atoms with E-state index in [1.807, 2.05) is 38.1 Å². The smallest absolute Gasteiger partial charge is 0.312 e. The number of nitrogens with zero attached hydrogens (tertiary/aromatic N) is 2. The number of nitrogens with one attached hydrogen (secondary N) is 3. The van der Waals surface area contributed by atoms with E-state index in [1.165, 1.54) is 10.9 Å². The molecule has 160 valence electrons. The Morgan fingerprint density at radius 3 is 2.67 bits per heavy atom. The summed E-state index contributed by atoms with van der Waals surface area (Å²) in [5.74, 6) is -0.477. The van der Waals surface area contributed by atoms with Crippen LogP contribution in [0.4, 0.5) is 19.3 Å². The predicted octanol–water partition coefficient (Wildman–Crippen LogP) is 3.18. The van der Waals surface area contributed by atoms with Gasteiger partial charge in [-0.2, -0.15) is 5.10 Å². The number of aromatic amines is 1. The average Bonchev–Trinajstić information content (AvgIpc) is 3.24. The zero-order chi connectivity index (χ0) is 21.8. The highest BCUT2D eigenvalue weighted by Gasteiger charge is 2.26. The van der Waals surface area contributed by atoms with E-state index in [4.69, 9.17) is 5.73 Å². The molecule has 3 aromatic rings. The highest BCUT2D eigenvalue weighted by atomic mass is 19.3. The van der Waals surface area contributed by atoms with Gasteiger partial charge in [0.15, 0.2) is 5.69 Å². The molecule has 0 unspecified atom stereocenters. The third kappa shape index (κ3) is 4.94. The summed E-state index contributed by atoms with van der Waals surface area (Å²) in [5.41, 5.74) is 6.27. The first kappa shape index (κ1) is 21.3. The van der Waals surface area contributed by atoms with Crippen molar-refractivity contribution in [3.8, 4) is 0 Å². The SMILES string of the molecule is CC(C)Cn1cc(NC(=O)[C@@H](Cc2c[nH]c3ccccc23)NC(N)=O)c(C(F)F)n1. The molecule has 0 radical (unpaired) electrons. The number of carbonyl (C=O) groups excluding carboxylic acids is 2. The van der Waals surface area contributed by atoms with Crippen molar-refractivity contribution in [3.63, 3.8) is 0 Å². The molecule has 0 fully saturated rings. The second-order valence-corrected chi connectivity index (χ2v) is 7.46. The van der Waals surface area contributed by atoms with Gasteiger partial charge < -0.3 is 21.4 Å². The van der Waals surface area contributed by atoms with Crippen molar-refractivity contribution >= 4 is 28.5 Å². The molecule has 10 heteroatoms. The molecule has 0 bridgehead atoms. The number of H-pyrrole nitrogens is 1. The van der Waals surface area contributed by atoms with Gasteiger partial charge in [0, 0.05) is 36.3 Å². The summed E-state index contributed by atoms with van der Waals surface area (Å²) < 4.78 is 28.2. The number of hydrogen-bond acceptors (Lipinski definition) is 3. The number of alkyl halides is 2. The van der Waals surface area contributed by atoms with Gasteiger partial charge >= 0.3 is 6.03 Å². The van der Waals surface area contributed by atoms with Crippen molar-refractivity contribution in [3.05, 3.63) is 47.9 Å². The van der Waals surface area contributed by atoms with E-state index in [0.29, 0.717) is 6.54 Å². The van der Waals surface area contributed by atoms with Crippen LogP contribution in [0.25, 0.3) is 10.9 Å². The van der Waals surface area contributed by atoms with Crippen molar-refractivity contribution in [2.75, 3.05) is 5.32 Å². The largest absolute Gasteiger partial charge is 0.361 e. The molecule has 0 saturated carbocycles. The molecule has 30 heavy (non-hydrogen) atoms. The lowest BCUT2D eigenvalue weighted by Crippen LogP contribution is -2.47. The lowest BCUT2D eigenvalue weighted by molar-refractivity contribution is -0.117. The van der Waals surface area contributed by atoms with Crippen LogP contribution in [0.1, 0.15) is 31.5 Å². The van der Waals surface area contributed by atoms with Crippen LogP contribution < -0.4 is 16.4 Å². The predicted molar refractivity (Wildman–Crippen MR) is 109 cm³/mol. The number of nitrogens with two attached hydrogens (primary N) is 1. The Morgan fingerprint density at radius 1 is 1.27 bits per heavy atom. The highest BCUT2D eigenvalue weighted by molar-refractivity contribution is 5.98. The first-order valence-electron chi connectivity index (χ1n) is 9.52. The Hall–Kier alpha value is -3.43. The fourth-order valence-electron chi connectivity index (χ4n) is 3.28. The molecule has 3 rings (SSSR count). The maximum atomic E-state index is 13.4. The van der Waals surface area contributed by atoms with Crippen LogP contribution in [0.3, 0.4) is 0 Å². The standard InChI is InChI=1S/C20H24F2N6O2/c1-11(2)9-28-10-16(17(27-28)18(21)22)25-19(29)15(26-20(23)30)7-12-8-24-14-6-4-3-5-13(12)14/h3-6,8,10-11,15,18,24H,7,9H2,1-2H3,(H,25,29)(H3,23,26,30)/t15-/m1/s1. The number of carbonyl (C=O) groups is 2. The monoisotopic (exact) mass is 418 g/mol. The van der Waals surface area contributed by atoms with Crippen molar-refractivity contribution in [1.82, 2.24) is 20.1 Å². The van der Waals surface area contributed by atoms with Crippen molar-refractivity contribution < 1.29 is 18.4 Å². The minimum Gasteiger partial charge on any atom is -0.361 e. The fourth-order valence-corrected chi connectivity index (χ4v) is 3.28. The first-order chi connectivity index (χ1) is 14.2. The molecule has 0 aliphatic rings. The van der Waals surface area contributed by atoms with Crippen LogP contribution in [0.2, 0.25) is 0 Å². The molecular formula is C20H24F2N6O2. The Kier molecular flexibility index (Phi) is 6.34. The van der Waals surface area contributed by atoms with E-state index in [1.54, 1.807) is 6.20 Å². The van der Waals surface area contributed by atoms with Crippen molar-refractivity contribution in [2.24, 2.45) is 11.7 Å². The number of benzene rings is 1. The average molecular weight is 418 g/mol. The number of primary amides is 1. The number of para-hydroxylation sites is 1. The van der Waals surface area contributed by atoms with Gasteiger partial charge in [-0.05, 0) is 17.5 Å². The maximum absolute atomic E-state index is 13.4. The van der Waals surface area contributed by atoms with Crippen LogP contribution >= 0.6 is 0 Å². The molecule has 5 N–H and O–H groups in total. The van der Waals surface area contributed by atoms with E-state index >= 15 is 0 Å². The van der Waals surface area contributed by atoms with Gasteiger partial charge in [-0.25, -0.2) is 13.6 Å². The summed E-state index contributed by atoms with van der Waals surface area (Å²) in [6.45, 7) is 4.28. The number of anilines is 1. The molecule has 0 aliphatic carbocycles. The van der Waals surface area contributed by atoms with Gasteiger partial charge in [0.25, 0.3) is 6.43 Å². The van der Waals surface area contributed by atoms with E-state index in [9.17, 15) is 18.4 Å². The van der Waals surface area contributed by atoms with Crippen molar-refractivity contribution in [1.29, 1.82) is 0 Å². The number of urea groups is 1. The minimum atomic E-state index is -2.86. The van der Waals surface area contributed by atoms with E-state index in [2.05, 4.69) is 20.7 Å². The topological polar surface area (TPSA) is 118 Å². The van der Waals surface area contributed by atoms with Crippen LogP contribution in [0.5, 0.6) is 0 Å². The van der Waals surface area contributed by atoms with E-state index in [-0.39, 0.29) is 18.0 Å². The second-order valence-electron chi connectivity index (χ2n) is 7.46. The highest BCUT2D eigenvalue weighted by Crippen LogP contribution is 2.26. The summed E-state index contributed by atoms with van der Waals surface area (Å²) in [4.78, 5) is 27.4. The third-order valence-corrected chi connectivity index (χ3v) is 4.54. The van der Waals surface area contributed by atoms with Crippen LogP contribution in [-0.4, -0.2) is 32.7 Å². The molecule has 1 aromatic carbocycles. The van der Waals surface area contributed by atoms with Crippen molar-refractivity contribution in [2.45, 2.75) is 39.3 Å². The Bertz CT molecular complexity index is 1040. The molecule has 1 atom stereocenters. The molecule has 0 aliphatic heterocycles. The van der Waals surface area contributed by atoms with Gasteiger partial charge in [-0.15, -0.1) is 0 Å². The number of halogens is 2. The van der Waals surface area contributed by atoms with E-state index in [0.717, 1.165) is 16.5 Å². The number of fused-ring (bicyclic) bond motifs is 1. The fraction of sp³-hybridized carbons (Fsp3) is 0.350. The number of hydrogen-bond donors (Lipinski definition) is 4. The normalized spacial score (nSPS) is 12.5. The zero-order valence-electron chi connectivity index (χ0n) is 16.7. The Morgan fingerprint density at radius 2 is 2.00 bits per heavy atom. The molecule has 2 aromatic heterocycles. The maximum Gasteiger partial charge on any atom is 0.312 e. The van der Waals surface area contributed by atoms with Crippen LogP contribution in [-0.2, 0) is 17.8 Å². The molecular weight excluding hydrogens is 394 g/mol. The number of aromatic nitrogens is 3. The van der Waals surface area contributed by atoms with Crippen LogP contribution in [0, 0.1) is 5.92 Å². The molecule has 2 heterocycles. The summed E-state index contributed by atoms with van der Waals surface area (Å²) in [6, 6.07) is 5.54. The number of amides is 3. The summed E-state index contributed by atoms with van der Waals surface area (Å²) in [6.07, 6.45) is 0.374. The first-order valence-corrected chi connectivity index (χ1v) is 9.52. The Balaban J connectivity index is 1.84. The Labute approximate surface area is 171 Å². The minimum absolute atomic E-state index is 0.0918. The van der Waals surface area contributed by atoms with Gasteiger partial charge in [-0.3, -0.25) is 9.48 Å².